The summed E-state index contributed by atoms with van der Waals surface area (Å²) in [5.41, 5.74) is -0.0943. The number of nitrogens with zero attached hydrogens (tertiary/aromatic N) is 1. The van der Waals surface area contributed by atoms with Gasteiger partial charge >= 0.3 is 5.69 Å². The molecular formula is C11H16N2O4. The molecule has 6 nitrogen and oxygen atoms in total. The van der Waals surface area contributed by atoms with E-state index in [4.69, 9.17) is 4.74 Å². The minimum atomic E-state index is -0.685. The van der Waals surface area contributed by atoms with Crippen molar-refractivity contribution in [3.8, 4) is 5.75 Å². The maximum Gasteiger partial charge on any atom is 0.310 e. The Labute approximate surface area is 99.4 Å². The van der Waals surface area contributed by atoms with Crippen molar-refractivity contribution in [3.63, 3.8) is 0 Å². The topological polar surface area (TPSA) is 84.6 Å². The average Bonchev–Trinajstić information content (AvgIpc) is 2.34. The van der Waals surface area contributed by atoms with Gasteiger partial charge in [0.05, 0.1) is 4.92 Å². The van der Waals surface area contributed by atoms with Gasteiger partial charge in [0.15, 0.2) is 5.75 Å². The van der Waals surface area contributed by atoms with Crippen molar-refractivity contribution in [2.45, 2.75) is 13.0 Å². The standard InChI is InChI=1S/C11H16N2O4/c1-2-12-7-9(14)8-17-11-6-4-3-5-10(11)13(15)16/h3-6,9,12,14H,2,7-8H2,1H3. The molecule has 1 atom stereocenters. The van der Waals surface area contributed by atoms with Gasteiger partial charge in [-0.3, -0.25) is 10.1 Å². The third kappa shape index (κ3) is 4.38. The van der Waals surface area contributed by atoms with Crippen LogP contribution in [-0.2, 0) is 0 Å². The summed E-state index contributed by atoms with van der Waals surface area (Å²) >= 11 is 0. The average molecular weight is 240 g/mol. The molecule has 0 bridgehead atoms. The van der Waals surface area contributed by atoms with Crippen LogP contribution in [0.2, 0.25) is 0 Å². The zero-order valence-electron chi connectivity index (χ0n) is 9.63. The maximum absolute atomic E-state index is 10.7. The molecule has 0 saturated heterocycles. The zero-order chi connectivity index (χ0) is 12.7. The Morgan fingerprint density at radius 2 is 2.24 bits per heavy atom. The smallest absolute Gasteiger partial charge is 0.310 e. The van der Waals surface area contributed by atoms with E-state index < -0.39 is 11.0 Å². The van der Waals surface area contributed by atoms with Crippen LogP contribution in [0.5, 0.6) is 5.75 Å². The molecule has 17 heavy (non-hydrogen) atoms. The van der Waals surface area contributed by atoms with E-state index in [1.807, 2.05) is 6.92 Å². The fraction of sp³-hybridized carbons (Fsp3) is 0.455. The third-order valence-electron chi connectivity index (χ3n) is 2.12. The number of hydrogen-bond donors (Lipinski definition) is 2. The molecule has 0 aliphatic heterocycles. The summed E-state index contributed by atoms with van der Waals surface area (Å²) in [7, 11) is 0. The molecule has 1 rings (SSSR count). The number of hydrogen-bond acceptors (Lipinski definition) is 5. The minimum absolute atomic E-state index is 0.0256. The van der Waals surface area contributed by atoms with Gasteiger partial charge in [-0.1, -0.05) is 19.1 Å². The summed E-state index contributed by atoms with van der Waals surface area (Å²) in [6.45, 7) is 3.10. The molecule has 0 amide bonds. The highest BCUT2D eigenvalue weighted by molar-refractivity contribution is 5.45. The number of aliphatic hydroxyl groups excluding tert-OH is 1. The van der Waals surface area contributed by atoms with Gasteiger partial charge in [-0.15, -0.1) is 0 Å². The SMILES string of the molecule is CCNCC(O)COc1ccccc1[N+](=O)[O-]. The second-order valence-corrected chi connectivity index (χ2v) is 3.50. The molecule has 0 aliphatic carbocycles. The van der Waals surface area contributed by atoms with E-state index in [-0.39, 0.29) is 18.0 Å². The highest BCUT2D eigenvalue weighted by atomic mass is 16.6. The summed E-state index contributed by atoms with van der Waals surface area (Å²) in [6.07, 6.45) is -0.685. The zero-order valence-corrected chi connectivity index (χ0v) is 9.63. The number of benzene rings is 1. The van der Waals surface area contributed by atoms with Crippen molar-refractivity contribution in [1.29, 1.82) is 0 Å². The first-order valence-corrected chi connectivity index (χ1v) is 5.40. The van der Waals surface area contributed by atoms with Crippen molar-refractivity contribution < 1.29 is 14.8 Å². The van der Waals surface area contributed by atoms with Gasteiger partial charge in [-0.2, -0.15) is 0 Å². The van der Waals surface area contributed by atoms with Crippen LogP contribution in [-0.4, -0.2) is 35.8 Å². The Bertz CT molecular complexity index is 370. The number of para-hydroxylation sites is 2. The van der Waals surface area contributed by atoms with Crippen molar-refractivity contribution in [3.05, 3.63) is 34.4 Å². The Morgan fingerprint density at radius 3 is 2.88 bits per heavy atom. The quantitative estimate of drug-likeness (QED) is 0.547. The lowest BCUT2D eigenvalue weighted by atomic mass is 10.3. The van der Waals surface area contributed by atoms with E-state index in [0.29, 0.717) is 6.54 Å². The van der Waals surface area contributed by atoms with Gasteiger partial charge < -0.3 is 15.2 Å². The van der Waals surface area contributed by atoms with Crippen molar-refractivity contribution in [2.75, 3.05) is 19.7 Å². The normalized spacial score (nSPS) is 12.1. The maximum atomic E-state index is 10.7. The summed E-state index contributed by atoms with van der Waals surface area (Å²) < 4.78 is 5.23. The minimum Gasteiger partial charge on any atom is -0.484 e. The number of nitrogens with one attached hydrogen (secondary N) is 1. The van der Waals surface area contributed by atoms with E-state index in [1.54, 1.807) is 12.1 Å². The van der Waals surface area contributed by atoms with E-state index in [2.05, 4.69) is 5.32 Å². The number of ether oxygens (including phenoxy) is 1. The van der Waals surface area contributed by atoms with Crippen molar-refractivity contribution in [1.82, 2.24) is 5.32 Å². The molecule has 0 aromatic heterocycles. The highest BCUT2D eigenvalue weighted by Gasteiger charge is 2.14. The molecule has 1 unspecified atom stereocenters. The van der Waals surface area contributed by atoms with Gasteiger partial charge in [0.25, 0.3) is 0 Å². The van der Waals surface area contributed by atoms with Crippen LogP contribution in [0.3, 0.4) is 0 Å². The molecule has 1 aromatic carbocycles. The summed E-state index contributed by atoms with van der Waals surface area (Å²) in [5, 5.41) is 23.2. The Morgan fingerprint density at radius 1 is 1.53 bits per heavy atom. The lowest BCUT2D eigenvalue weighted by Gasteiger charge is -2.12. The van der Waals surface area contributed by atoms with Gasteiger partial charge in [0, 0.05) is 12.6 Å². The largest absolute Gasteiger partial charge is 0.484 e. The second-order valence-electron chi connectivity index (χ2n) is 3.50. The lowest BCUT2D eigenvalue weighted by molar-refractivity contribution is -0.385. The number of rotatable bonds is 7. The molecule has 2 N–H and O–H groups in total. The molecule has 0 spiro atoms. The predicted molar refractivity (Wildman–Crippen MR) is 63.1 cm³/mol. The fourth-order valence-corrected chi connectivity index (χ4v) is 1.29. The van der Waals surface area contributed by atoms with Crippen LogP contribution in [0, 0.1) is 10.1 Å². The third-order valence-corrected chi connectivity index (χ3v) is 2.12. The molecule has 0 saturated carbocycles. The lowest BCUT2D eigenvalue weighted by Crippen LogP contribution is -2.31. The van der Waals surface area contributed by atoms with Crippen molar-refractivity contribution >= 4 is 5.69 Å². The molecule has 1 aromatic rings. The molecule has 0 aliphatic rings. The Kier molecular flexibility index (Phi) is 5.38. The number of aliphatic hydroxyl groups is 1. The fourth-order valence-electron chi connectivity index (χ4n) is 1.29. The van der Waals surface area contributed by atoms with Crippen LogP contribution < -0.4 is 10.1 Å². The van der Waals surface area contributed by atoms with E-state index in [9.17, 15) is 15.2 Å². The first kappa shape index (κ1) is 13.4. The van der Waals surface area contributed by atoms with Crippen LogP contribution in [0.25, 0.3) is 0 Å². The summed E-state index contributed by atoms with van der Waals surface area (Å²) in [6, 6.07) is 6.10. The van der Waals surface area contributed by atoms with Crippen LogP contribution in [0.15, 0.2) is 24.3 Å². The molecule has 94 valence electrons. The Balaban J connectivity index is 2.54. The first-order chi connectivity index (χ1) is 8.15. The van der Waals surface area contributed by atoms with Gasteiger partial charge in [-0.05, 0) is 12.6 Å². The number of nitro benzene ring substituents is 1. The number of nitro groups is 1. The van der Waals surface area contributed by atoms with Crippen molar-refractivity contribution in [2.24, 2.45) is 0 Å². The summed E-state index contributed by atoms with van der Waals surface area (Å²) in [5.74, 6) is 0.174. The first-order valence-electron chi connectivity index (χ1n) is 5.40. The van der Waals surface area contributed by atoms with Crippen LogP contribution in [0.1, 0.15) is 6.92 Å². The predicted octanol–water partition coefficient (Wildman–Crippen LogP) is 0.944. The van der Waals surface area contributed by atoms with Crippen LogP contribution in [0.4, 0.5) is 5.69 Å². The number of likely N-dealkylation sites (N-methyl/N-ethyl adjacent to an activating group) is 1. The van der Waals surface area contributed by atoms with E-state index in [0.717, 1.165) is 6.54 Å². The Hall–Kier alpha value is -1.66. The molecule has 0 fully saturated rings. The summed E-state index contributed by atoms with van der Waals surface area (Å²) in [4.78, 5) is 10.2. The van der Waals surface area contributed by atoms with Gasteiger partial charge in [0.2, 0.25) is 0 Å². The van der Waals surface area contributed by atoms with Gasteiger partial charge in [0.1, 0.15) is 12.7 Å². The molecule has 0 heterocycles. The second kappa shape index (κ2) is 6.82. The molecular weight excluding hydrogens is 224 g/mol. The monoisotopic (exact) mass is 240 g/mol. The molecule has 6 heteroatoms. The molecule has 0 radical (unpaired) electrons. The van der Waals surface area contributed by atoms with Gasteiger partial charge in [-0.25, -0.2) is 0 Å². The van der Waals surface area contributed by atoms with E-state index in [1.165, 1.54) is 12.1 Å². The highest BCUT2D eigenvalue weighted by Crippen LogP contribution is 2.25. The van der Waals surface area contributed by atoms with Crippen LogP contribution >= 0.6 is 0 Å². The van der Waals surface area contributed by atoms with E-state index >= 15 is 0 Å².